The molecule has 0 bridgehead atoms. The fraction of sp³-hybridized carbons (Fsp3) is 0.231. The van der Waals surface area contributed by atoms with E-state index in [4.69, 9.17) is 4.42 Å². The van der Waals surface area contributed by atoms with Crippen LogP contribution in [-0.4, -0.2) is 26.6 Å². The average molecular weight is 496 g/mol. The maximum absolute atomic E-state index is 14.8. The quantitative estimate of drug-likeness (QED) is 0.257. The Kier molecular flexibility index (Phi) is 5.17. The minimum atomic E-state index is -3.05. The number of thiophene rings is 1. The molecule has 1 saturated carbocycles. The fourth-order valence-corrected chi connectivity index (χ4v) is 5.82. The number of alkyl halides is 2. The molecular weight excluding hydrogens is 475 g/mol. The highest BCUT2D eigenvalue weighted by atomic mass is 32.1. The van der Waals surface area contributed by atoms with E-state index in [9.17, 15) is 18.0 Å². The summed E-state index contributed by atoms with van der Waals surface area (Å²) in [6, 6.07) is 15.5. The number of fused-ring (bicyclic) bond motifs is 2. The van der Waals surface area contributed by atoms with Crippen molar-refractivity contribution in [1.29, 1.82) is 0 Å². The molecule has 5 aromatic rings. The molecule has 35 heavy (non-hydrogen) atoms. The third-order valence-corrected chi connectivity index (χ3v) is 7.56. The van der Waals surface area contributed by atoms with Gasteiger partial charge in [0.25, 0.3) is 12.3 Å². The molecule has 1 amide bonds. The largest absolute Gasteiger partial charge is 0.464 e. The van der Waals surface area contributed by atoms with Crippen LogP contribution in [0.15, 0.2) is 59.2 Å². The molecule has 0 aliphatic heterocycles. The van der Waals surface area contributed by atoms with E-state index in [0.29, 0.717) is 4.68 Å². The third kappa shape index (κ3) is 3.61. The average Bonchev–Trinajstić information content (AvgIpc) is 3.40. The van der Waals surface area contributed by atoms with Gasteiger partial charge in [0.2, 0.25) is 5.95 Å². The molecule has 9 heteroatoms. The van der Waals surface area contributed by atoms with Crippen molar-refractivity contribution in [3.8, 4) is 11.1 Å². The standard InChI is InChI=1S/C26H20F3N3O2S/c1-31-25(29)22(23(30-31)24(27)28)26(33)32(14-10-11-14)12-20-21(16-7-3-5-9-19(16)35-20)17-13-34-18-8-4-2-6-15(17)18/h2-9,13-14,24H,10-12H2,1H3. The highest BCUT2D eigenvalue weighted by molar-refractivity contribution is 7.19. The van der Waals surface area contributed by atoms with Crippen LogP contribution < -0.4 is 0 Å². The van der Waals surface area contributed by atoms with Crippen LogP contribution in [0.3, 0.4) is 0 Å². The van der Waals surface area contributed by atoms with E-state index >= 15 is 0 Å². The molecule has 0 unspecified atom stereocenters. The van der Waals surface area contributed by atoms with E-state index in [1.807, 2.05) is 48.5 Å². The van der Waals surface area contributed by atoms with Gasteiger partial charge in [-0.3, -0.25) is 4.79 Å². The van der Waals surface area contributed by atoms with E-state index in [-0.39, 0.29) is 12.6 Å². The number of para-hydroxylation sites is 1. The SMILES string of the molecule is Cn1nc(C(F)F)c(C(=O)N(Cc2sc3ccccc3c2-c2coc3ccccc23)C2CC2)c1F. The zero-order valence-corrected chi connectivity index (χ0v) is 19.5. The smallest absolute Gasteiger partial charge is 0.283 e. The van der Waals surface area contributed by atoms with Crippen LogP contribution in [-0.2, 0) is 13.6 Å². The van der Waals surface area contributed by atoms with Gasteiger partial charge in [-0.25, -0.2) is 13.5 Å². The van der Waals surface area contributed by atoms with Crippen molar-refractivity contribution in [1.82, 2.24) is 14.7 Å². The number of nitrogens with zero attached hydrogens (tertiary/aromatic N) is 3. The normalized spacial score (nSPS) is 13.9. The first kappa shape index (κ1) is 21.9. The molecule has 1 fully saturated rings. The van der Waals surface area contributed by atoms with E-state index < -0.39 is 29.5 Å². The lowest BCUT2D eigenvalue weighted by molar-refractivity contribution is 0.0714. The van der Waals surface area contributed by atoms with Crippen LogP contribution in [0.4, 0.5) is 13.2 Å². The summed E-state index contributed by atoms with van der Waals surface area (Å²) in [5.41, 5.74) is 1.12. The van der Waals surface area contributed by atoms with E-state index in [2.05, 4.69) is 5.10 Å². The van der Waals surface area contributed by atoms with Crippen LogP contribution >= 0.6 is 11.3 Å². The number of rotatable bonds is 6. The first-order chi connectivity index (χ1) is 16.9. The molecule has 1 aliphatic carbocycles. The number of aryl methyl sites for hydroxylation is 1. The summed E-state index contributed by atoms with van der Waals surface area (Å²) in [5, 5.41) is 5.52. The number of benzene rings is 2. The highest BCUT2D eigenvalue weighted by Gasteiger charge is 2.39. The van der Waals surface area contributed by atoms with Crippen LogP contribution in [0.1, 0.15) is 40.2 Å². The van der Waals surface area contributed by atoms with Crippen molar-refractivity contribution in [3.63, 3.8) is 0 Å². The molecule has 2 aromatic carbocycles. The van der Waals surface area contributed by atoms with Gasteiger partial charge in [0.15, 0.2) is 0 Å². The van der Waals surface area contributed by atoms with Gasteiger partial charge in [0.1, 0.15) is 16.8 Å². The Morgan fingerprint density at radius 2 is 1.89 bits per heavy atom. The zero-order valence-electron chi connectivity index (χ0n) is 18.7. The molecular formula is C26H20F3N3O2S. The molecule has 6 rings (SSSR count). The lowest BCUT2D eigenvalue weighted by Crippen LogP contribution is -2.33. The van der Waals surface area contributed by atoms with Gasteiger partial charge in [-0.1, -0.05) is 36.4 Å². The fourth-order valence-electron chi connectivity index (χ4n) is 4.60. The van der Waals surface area contributed by atoms with Crippen LogP contribution in [0, 0.1) is 5.95 Å². The van der Waals surface area contributed by atoms with Gasteiger partial charge in [-0.2, -0.15) is 9.49 Å². The van der Waals surface area contributed by atoms with Gasteiger partial charge in [0.05, 0.1) is 12.8 Å². The summed E-state index contributed by atoms with van der Waals surface area (Å²) < 4.78 is 49.5. The Hall–Kier alpha value is -3.59. The molecule has 3 heterocycles. The Morgan fingerprint density at radius 3 is 2.63 bits per heavy atom. The maximum Gasteiger partial charge on any atom is 0.283 e. The van der Waals surface area contributed by atoms with Crippen molar-refractivity contribution < 1.29 is 22.4 Å². The number of furan rings is 1. The molecule has 1 aliphatic rings. The number of carbonyl (C=O) groups excluding carboxylic acids is 1. The van der Waals surface area contributed by atoms with Gasteiger partial charge < -0.3 is 9.32 Å². The molecule has 0 saturated heterocycles. The molecule has 3 aromatic heterocycles. The predicted octanol–water partition coefficient (Wildman–Crippen LogP) is 6.93. The number of carbonyl (C=O) groups is 1. The van der Waals surface area contributed by atoms with Crippen molar-refractivity contribution in [2.45, 2.75) is 31.9 Å². The highest BCUT2D eigenvalue weighted by Crippen LogP contribution is 2.44. The number of aromatic nitrogens is 2. The summed E-state index contributed by atoms with van der Waals surface area (Å²) in [5.74, 6) is -1.80. The molecule has 0 atom stereocenters. The molecule has 0 radical (unpaired) electrons. The third-order valence-electron chi connectivity index (χ3n) is 6.41. The summed E-state index contributed by atoms with van der Waals surface area (Å²) in [4.78, 5) is 15.9. The van der Waals surface area contributed by atoms with Gasteiger partial charge >= 0.3 is 0 Å². The van der Waals surface area contributed by atoms with Crippen molar-refractivity contribution in [2.75, 3.05) is 0 Å². The maximum atomic E-state index is 14.8. The molecule has 5 nitrogen and oxygen atoms in total. The van der Waals surface area contributed by atoms with Crippen molar-refractivity contribution >= 4 is 38.3 Å². The predicted molar refractivity (Wildman–Crippen MR) is 128 cm³/mol. The minimum Gasteiger partial charge on any atom is -0.464 e. The number of hydrogen-bond donors (Lipinski definition) is 0. The first-order valence-corrected chi connectivity index (χ1v) is 12.0. The first-order valence-electron chi connectivity index (χ1n) is 11.2. The summed E-state index contributed by atoms with van der Waals surface area (Å²) >= 11 is 1.54. The molecule has 0 N–H and O–H groups in total. The lowest BCUT2D eigenvalue weighted by Gasteiger charge is -2.22. The Balaban J connectivity index is 1.48. The van der Waals surface area contributed by atoms with E-state index in [0.717, 1.165) is 49.9 Å². The lowest BCUT2D eigenvalue weighted by atomic mass is 10.0. The summed E-state index contributed by atoms with van der Waals surface area (Å²) in [6.45, 7) is 0.175. The van der Waals surface area contributed by atoms with Gasteiger partial charge in [-0.05, 0) is 25.0 Å². The molecule has 0 spiro atoms. The van der Waals surface area contributed by atoms with Gasteiger partial charge in [-0.15, -0.1) is 11.3 Å². The van der Waals surface area contributed by atoms with Crippen LogP contribution in [0.25, 0.3) is 32.2 Å². The Morgan fingerprint density at radius 1 is 1.17 bits per heavy atom. The topological polar surface area (TPSA) is 51.3 Å². The Labute approximate surface area is 202 Å². The van der Waals surface area contributed by atoms with Crippen molar-refractivity contribution in [2.24, 2.45) is 7.05 Å². The van der Waals surface area contributed by atoms with Crippen LogP contribution in [0.2, 0.25) is 0 Å². The second-order valence-electron chi connectivity index (χ2n) is 8.68. The van der Waals surface area contributed by atoms with Crippen molar-refractivity contribution in [3.05, 3.63) is 76.9 Å². The number of hydrogen-bond acceptors (Lipinski definition) is 4. The summed E-state index contributed by atoms with van der Waals surface area (Å²) in [6.07, 6.45) is 0.142. The Bertz CT molecular complexity index is 1580. The van der Waals surface area contributed by atoms with E-state index in [1.54, 1.807) is 6.26 Å². The number of amides is 1. The van der Waals surface area contributed by atoms with Gasteiger partial charge in [0, 0.05) is 44.6 Å². The summed E-state index contributed by atoms with van der Waals surface area (Å²) in [7, 11) is 1.22. The molecule has 178 valence electrons. The zero-order chi connectivity index (χ0) is 24.3. The minimum absolute atomic E-state index is 0.133. The second-order valence-corrected chi connectivity index (χ2v) is 9.82. The number of halogens is 3. The van der Waals surface area contributed by atoms with E-state index in [1.165, 1.54) is 23.3 Å². The monoisotopic (exact) mass is 495 g/mol. The second kappa shape index (κ2) is 8.27. The van der Waals surface area contributed by atoms with Crippen LogP contribution in [0.5, 0.6) is 0 Å².